The van der Waals surface area contributed by atoms with Crippen LogP contribution in [0.2, 0.25) is 24.7 Å². The first-order valence-electron chi connectivity index (χ1n) is 4.75. The van der Waals surface area contributed by atoms with Gasteiger partial charge in [-0.25, -0.2) is 0 Å². The van der Waals surface area contributed by atoms with E-state index in [-0.39, 0.29) is 0 Å². The monoisotopic (exact) mass is 308 g/mol. The second kappa shape index (κ2) is 10.9. The second-order valence-corrected chi connectivity index (χ2v) is 9.91. The van der Waals surface area contributed by atoms with Crippen LogP contribution in [-0.2, 0) is 9.59 Å². The van der Waals surface area contributed by atoms with Gasteiger partial charge in [-0.3, -0.25) is 9.59 Å². The fraction of sp³-hybridized carbons (Fsp3) is 0.273. The van der Waals surface area contributed by atoms with Crippen LogP contribution in [0.25, 0.3) is 0 Å². The summed E-state index contributed by atoms with van der Waals surface area (Å²) in [5.41, 5.74) is 0.889. The van der Waals surface area contributed by atoms with Gasteiger partial charge >= 0.3 is 0 Å². The van der Waals surface area contributed by atoms with Gasteiger partial charge in [0.2, 0.25) is 0 Å². The summed E-state index contributed by atoms with van der Waals surface area (Å²) in [7, 11) is -1.15. The average molecular weight is 309 g/mol. The third-order valence-electron chi connectivity index (χ3n) is 1.69. The Kier molecular flexibility index (Phi) is 12.2. The van der Waals surface area contributed by atoms with Crippen LogP contribution in [-0.4, -0.2) is 19.3 Å². The molecule has 0 fully saturated rings. The molecule has 0 atom stereocenters. The van der Waals surface area contributed by atoms with Crippen molar-refractivity contribution in [1.29, 1.82) is 0 Å². The number of carbonyl (C=O) groups excluding carboxylic acids is 2. The van der Waals surface area contributed by atoms with Crippen molar-refractivity contribution in [2.75, 3.05) is 0 Å². The minimum Gasteiger partial charge on any atom is -0.291 e. The van der Waals surface area contributed by atoms with Crippen LogP contribution in [0.5, 0.6) is 0 Å². The highest BCUT2D eigenvalue weighted by Crippen LogP contribution is 2.08. The lowest BCUT2D eigenvalue weighted by molar-refractivity contribution is 0.569. The summed E-state index contributed by atoms with van der Waals surface area (Å²) >= 11 is 12.1. The van der Waals surface area contributed by atoms with Gasteiger partial charge in [-0.15, -0.1) is 25.3 Å². The highest BCUT2D eigenvalue weighted by atomic mass is 35.5. The summed E-state index contributed by atoms with van der Waals surface area (Å²) in [4.78, 5) is 17.3. The highest BCUT2D eigenvalue weighted by molar-refractivity contribution is 7.94. The standard InChI is InChI=1S/C9H13ClSi.2CH2OS/c1-11(2,3)9-6-4-5-8(10)7-9;2*2-1-3/h4-7H,1-3H3;2*1H,(H,2,3). The van der Waals surface area contributed by atoms with E-state index in [0.29, 0.717) is 11.2 Å². The maximum Gasteiger partial charge on any atom is 0.173 e. The van der Waals surface area contributed by atoms with Crippen molar-refractivity contribution in [3.63, 3.8) is 0 Å². The Morgan fingerprint density at radius 3 is 1.76 bits per heavy atom. The van der Waals surface area contributed by atoms with Gasteiger partial charge in [0.25, 0.3) is 0 Å². The van der Waals surface area contributed by atoms with Crippen molar-refractivity contribution < 1.29 is 9.59 Å². The topological polar surface area (TPSA) is 34.1 Å². The zero-order valence-corrected chi connectivity index (χ0v) is 13.6. The molecule has 0 saturated carbocycles. The van der Waals surface area contributed by atoms with E-state index in [2.05, 4.69) is 57.0 Å². The van der Waals surface area contributed by atoms with Gasteiger partial charge in [0.15, 0.2) is 11.2 Å². The molecular formula is C11H17ClO2S2Si. The molecule has 0 bridgehead atoms. The molecule has 0 aromatic heterocycles. The molecular weight excluding hydrogens is 292 g/mol. The van der Waals surface area contributed by atoms with Gasteiger partial charge in [0.1, 0.15) is 0 Å². The number of hydrogen-bond donors (Lipinski definition) is 2. The summed E-state index contributed by atoms with van der Waals surface area (Å²) in [5, 5.41) is 2.27. The summed E-state index contributed by atoms with van der Waals surface area (Å²) in [5.74, 6) is 0. The van der Waals surface area contributed by atoms with Crippen LogP contribution < -0.4 is 5.19 Å². The molecule has 2 nitrogen and oxygen atoms in total. The molecule has 0 aliphatic carbocycles. The average Bonchev–Trinajstić information content (AvgIpc) is 2.18. The number of rotatable bonds is 1. The zero-order chi connectivity index (χ0) is 13.9. The Bertz CT molecular complexity index is 334. The molecule has 0 unspecified atom stereocenters. The SMILES string of the molecule is C[Si](C)(C)c1cccc(Cl)c1.O=CS.O=CS. The zero-order valence-electron chi connectivity index (χ0n) is 10.1. The molecule has 17 heavy (non-hydrogen) atoms. The normalized spacial score (nSPS) is 9.06. The smallest absolute Gasteiger partial charge is 0.173 e. The molecule has 0 aliphatic heterocycles. The molecule has 0 aliphatic rings. The first-order chi connectivity index (χ1) is 7.83. The molecule has 96 valence electrons. The van der Waals surface area contributed by atoms with Crippen molar-refractivity contribution in [3.05, 3.63) is 29.3 Å². The first-order valence-corrected chi connectivity index (χ1v) is 9.66. The van der Waals surface area contributed by atoms with E-state index in [1.165, 1.54) is 5.19 Å². The molecule has 1 rings (SSSR count). The molecule has 1 aromatic carbocycles. The lowest BCUT2D eigenvalue weighted by Crippen LogP contribution is -2.37. The van der Waals surface area contributed by atoms with E-state index in [9.17, 15) is 0 Å². The number of carbonyl (C=O) groups is 2. The highest BCUT2D eigenvalue weighted by Gasteiger charge is 2.15. The molecule has 0 N–H and O–H groups in total. The number of thiol groups is 2. The van der Waals surface area contributed by atoms with Crippen molar-refractivity contribution in [2.24, 2.45) is 0 Å². The van der Waals surface area contributed by atoms with Gasteiger partial charge in [-0.2, -0.15) is 0 Å². The van der Waals surface area contributed by atoms with Crippen LogP contribution in [0.3, 0.4) is 0 Å². The van der Waals surface area contributed by atoms with Gasteiger partial charge < -0.3 is 0 Å². The van der Waals surface area contributed by atoms with E-state index in [1.54, 1.807) is 0 Å². The third kappa shape index (κ3) is 12.0. The van der Waals surface area contributed by atoms with Crippen molar-refractivity contribution in [3.8, 4) is 0 Å². The van der Waals surface area contributed by atoms with E-state index in [4.69, 9.17) is 21.2 Å². The maximum absolute atomic E-state index is 8.67. The molecule has 0 amide bonds. The predicted octanol–water partition coefficient (Wildman–Crippen LogP) is 3.10. The molecule has 0 radical (unpaired) electrons. The number of benzene rings is 1. The van der Waals surface area contributed by atoms with Gasteiger partial charge in [0, 0.05) is 5.02 Å². The van der Waals surface area contributed by atoms with E-state index in [1.807, 2.05) is 12.1 Å². The van der Waals surface area contributed by atoms with E-state index in [0.717, 1.165) is 5.02 Å². The predicted molar refractivity (Wildman–Crippen MR) is 85.9 cm³/mol. The Hall–Kier alpha value is -0.233. The molecule has 1 aromatic rings. The maximum atomic E-state index is 8.67. The lowest BCUT2D eigenvalue weighted by Gasteiger charge is -2.16. The Labute approximate surface area is 120 Å². The molecule has 6 heteroatoms. The van der Waals surface area contributed by atoms with Crippen LogP contribution in [0.15, 0.2) is 24.3 Å². The van der Waals surface area contributed by atoms with Gasteiger partial charge in [-0.05, 0) is 12.1 Å². The summed E-state index contributed by atoms with van der Waals surface area (Å²) in [6.45, 7) is 6.95. The quantitative estimate of drug-likeness (QED) is 0.475. The largest absolute Gasteiger partial charge is 0.291 e. The third-order valence-corrected chi connectivity index (χ3v) is 3.97. The number of hydrogen-bond acceptors (Lipinski definition) is 2. The fourth-order valence-corrected chi connectivity index (χ4v) is 2.42. The van der Waals surface area contributed by atoms with E-state index < -0.39 is 8.07 Å². The number of halogens is 1. The van der Waals surface area contributed by atoms with Crippen LogP contribution in [0.1, 0.15) is 0 Å². The minimum absolute atomic E-state index is 0.444. The molecule has 0 heterocycles. The van der Waals surface area contributed by atoms with Gasteiger partial charge in [0.05, 0.1) is 8.07 Å². The summed E-state index contributed by atoms with van der Waals surface area (Å²) in [6, 6.07) is 8.19. The minimum atomic E-state index is -1.15. The molecule has 0 spiro atoms. The Balaban J connectivity index is 0. The second-order valence-electron chi connectivity index (χ2n) is 3.97. The van der Waals surface area contributed by atoms with Crippen LogP contribution in [0.4, 0.5) is 0 Å². The van der Waals surface area contributed by atoms with Crippen molar-refractivity contribution >= 4 is 61.4 Å². The molecule has 0 saturated heterocycles. The summed E-state index contributed by atoms with van der Waals surface area (Å²) < 4.78 is 0. The fourth-order valence-electron chi connectivity index (χ4n) is 0.955. The first kappa shape index (κ1) is 19.1. The lowest BCUT2D eigenvalue weighted by atomic mass is 10.4. The van der Waals surface area contributed by atoms with Crippen LogP contribution in [0, 0.1) is 0 Å². The summed E-state index contributed by atoms with van der Waals surface area (Å²) in [6.07, 6.45) is 0. The Morgan fingerprint density at radius 2 is 1.53 bits per heavy atom. The van der Waals surface area contributed by atoms with Crippen LogP contribution >= 0.6 is 36.9 Å². The van der Waals surface area contributed by atoms with Gasteiger partial charge in [-0.1, -0.05) is 48.6 Å². The van der Waals surface area contributed by atoms with Crippen molar-refractivity contribution in [1.82, 2.24) is 0 Å². The van der Waals surface area contributed by atoms with Crippen molar-refractivity contribution in [2.45, 2.75) is 19.6 Å². The van der Waals surface area contributed by atoms with E-state index >= 15 is 0 Å². The Morgan fingerprint density at radius 1 is 1.12 bits per heavy atom.